The Morgan fingerprint density at radius 3 is 2.64 bits per heavy atom. The normalized spacial score (nSPS) is 17.3. The summed E-state index contributed by atoms with van der Waals surface area (Å²) in [6.07, 6.45) is 0.137. The zero-order chi connectivity index (χ0) is 15.7. The van der Waals surface area contributed by atoms with Gasteiger partial charge in [-0.2, -0.15) is 0 Å². The van der Waals surface area contributed by atoms with E-state index >= 15 is 0 Å². The Labute approximate surface area is 130 Å². The number of hydrogen-bond donors (Lipinski definition) is 0. The monoisotopic (exact) mass is 318 g/mol. The second-order valence-corrected chi connectivity index (χ2v) is 7.43. The standard InChI is InChI=1S/C17H18O4S/c1-12-4-3-5-16(8-12)22(18,19)17-9-14(7-6-13(17)2)20-10-15-11-21-15/h3-9,15H,10-11H2,1-2H3. The van der Waals surface area contributed by atoms with Crippen molar-refractivity contribution < 1.29 is 17.9 Å². The van der Waals surface area contributed by atoms with E-state index < -0.39 is 9.84 Å². The Kier molecular flexibility index (Phi) is 3.93. The maximum atomic E-state index is 12.8. The van der Waals surface area contributed by atoms with Crippen molar-refractivity contribution in [3.63, 3.8) is 0 Å². The van der Waals surface area contributed by atoms with Crippen LogP contribution in [0.1, 0.15) is 11.1 Å². The number of hydrogen-bond acceptors (Lipinski definition) is 4. The van der Waals surface area contributed by atoms with Crippen LogP contribution in [0.2, 0.25) is 0 Å². The molecule has 5 heteroatoms. The van der Waals surface area contributed by atoms with Gasteiger partial charge in [-0.3, -0.25) is 0 Å². The summed E-state index contributed by atoms with van der Waals surface area (Å²) in [4.78, 5) is 0.589. The molecule has 3 rings (SSSR count). The van der Waals surface area contributed by atoms with Crippen LogP contribution in [-0.4, -0.2) is 27.7 Å². The first kappa shape index (κ1) is 15.1. The van der Waals surface area contributed by atoms with Gasteiger partial charge in [0.25, 0.3) is 0 Å². The fraction of sp³-hybridized carbons (Fsp3) is 0.294. The molecule has 116 valence electrons. The van der Waals surface area contributed by atoms with Crippen LogP contribution in [0.25, 0.3) is 0 Å². The summed E-state index contributed by atoms with van der Waals surface area (Å²) in [5.41, 5.74) is 1.62. The first-order chi connectivity index (χ1) is 10.5. The van der Waals surface area contributed by atoms with Gasteiger partial charge in [0.2, 0.25) is 9.84 Å². The quantitative estimate of drug-likeness (QED) is 0.795. The highest BCUT2D eigenvalue weighted by molar-refractivity contribution is 7.91. The van der Waals surface area contributed by atoms with E-state index in [-0.39, 0.29) is 11.0 Å². The summed E-state index contributed by atoms with van der Waals surface area (Å²) >= 11 is 0. The molecule has 1 aliphatic heterocycles. The third-order valence-electron chi connectivity index (χ3n) is 3.59. The summed E-state index contributed by atoms with van der Waals surface area (Å²) in [5, 5.41) is 0. The molecule has 1 heterocycles. The molecule has 1 saturated heterocycles. The van der Waals surface area contributed by atoms with E-state index in [4.69, 9.17) is 9.47 Å². The van der Waals surface area contributed by atoms with Crippen LogP contribution in [0.3, 0.4) is 0 Å². The number of benzene rings is 2. The van der Waals surface area contributed by atoms with Crippen LogP contribution in [-0.2, 0) is 14.6 Å². The van der Waals surface area contributed by atoms with E-state index in [1.807, 2.05) is 13.0 Å². The number of aryl methyl sites for hydroxylation is 2. The fourth-order valence-corrected chi connectivity index (χ4v) is 3.84. The predicted octanol–water partition coefficient (Wildman–Crippen LogP) is 2.91. The van der Waals surface area contributed by atoms with Crippen molar-refractivity contribution in [1.29, 1.82) is 0 Å². The second-order valence-electron chi connectivity index (χ2n) is 5.51. The molecule has 0 amide bonds. The molecule has 1 atom stereocenters. The van der Waals surface area contributed by atoms with Crippen molar-refractivity contribution in [2.24, 2.45) is 0 Å². The molecule has 2 aromatic carbocycles. The summed E-state index contributed by atoms with van der Waals surface area (Å²) in [6, 6.07) is 12.1. The van der Waals surface area contributed by atoms with E-state index in [1.54, 1.807) is 43.3 Å². The minimum atomic E-state index is -3.55. The van der Waals surface area contributed by atoms with Gasteiger partial charge in [-0.25, -0.2) is 8.42 Å². The molecule has 22 heavy (non-hydrogen) atoms. The van der Waals surface area contributed by atoms with Crippen LogP contribution in [0.5, 0.6) is 5.75 Å². The van der Waals surface area contributed by atoms with Gasteiger partial charge < -0.3 is 9.47 Å². The zero-order valence-electron chi connectivity index (χ0n) is 12.6. The van der Waals surface area contributed by atoms with Gasteiger partial charge >= 0.3 is 0 Å². The molecule has 0 spiro atoms. The Balaban J connectivity index is 1.96. The van der Waals surface area contributed by atoms with E-state index in [2.05, 4.69) is 0 Å². The molecular weight excluding hydrogens is 300 g/mol. The molecule has 0 bridgehead atoms. The molecule has 0 radical (unpaired) electrons. The SMILES string of the molecule is Cc1cccc(S(=O)(=O)c2cc(OCC3CO3)ccc2C)c1. The molecule has 0 aromatic heterocycles. The average Bonchev–Trinajstić information content (AvgIpc) is 3.30. The van der Waals surface area contributed by atoms with E-state index in [0.717, 1.165) is 5.56 Å². The lowest BCUT2D eigenvalue weighted by Crippen LogP contribution is -2.07. The van der Waals surface area contributed by atoms with Gasteiger partial charge in [-0.15, -0.1) is 0 Å². The van der Waals surface area contributed by atoms with Gasteiger partial charge in [0.15, 0.2) is 0 Å². The first-order valence-corrected chi connectivity index (χ1v) is 8.62. The smallest absolute Gasteiger partial charge is 0.206 e. The van der Waals surface area contributed by atoms with Crippen LogP contribution in [0, 0.1) is 13.8 Å². The van der Waals surface area contributed by atoms with Gasteiger partial charge in [0, 0.05) is 0 Å². The number of sulfone groups is 1. The summed E-state index contributed by atoms with van der Waals surface area (Å²) in [6.45, 7) is 4.82. The van der Waals surface area contributed by atoms with Crippen LogP contribution < -0.4 is 4.74 Å². The lowest BCUT2D eigenvalue weighted by molar-refractivity contribution is 0.262. The van der Waals surface area contributed by atoms with Crippen LogP contribution in [0.4, 0.5) is 0 Å². The molecule has 4 nitrogen and oxygen atoms in total. The molecule has 1 aliphatic rings. The molecule has 0 aliphatic carbocycles. The molecule has 1 unspecified atom stereocenters. The number of ether oxygens (including phenoxy) is 2. The van der Waals surface area contributed by atoms with E-state index in [0.29, 0.717) is 29.4 Å². The third kappa shape index (κ3) is 3.15. The highest BCUT2D eigenvalue weighted by Gasteiger charge is 2.24. The first-order valence-electron chi connectivity index (χ1n) is 7.13. The Morgan fingerprint density at radius 2 is 1.95 bits per heavy atom. The maximum absolute atomic E-state index is 12.8. The Hall–Kier alpha value is -1.85. The highest BCUT2D eigenvalue weighted by atomic mass is 32.2. The van der Waals surface area contributed by atoms with Crippen LogP contribution >= 0.6 is 0 Å². The van der Waals surface area contributed by atoms with Crippen molar-refractivity contribution in [2.45, 2.75) is 29.7 Å². The van der Waals surface area contributed by atoms with Crippen molar-refractivity contribution in [3.8, 4) is 5.75 Å². The molecular formula is C17H18O4S. The maximum Gasteiger partial charge on any atom is 0.206 e. The van der Waals surface area contributed by atoms with Crippen molar-refractivity contribution in [2.75, 3.05) is 13.2 Å². The fourth-order valence-electron chi connectivity index (χ4n) is 2.22. The number of rotatable bonds is 5. The number of epoxide rings is 1. The lowest BCUT2D eigenvalue weighted by Gasteiger charge is -2.11. The highest BCUT2D eigenvalue weighted by Crippen LogP contribution is 2.28. The predicted molar refractivity (Wildman–Crippen MR) is 83.0 cm³/mol. The lowest BCUT2D eigenvalue weighted by atomic mass is 10.2. The van der Waals surface area contributed by atoms with Gasteiger partial charge in [0.05, 0.1) is 16.4 Å². The van der Waals surface area contributed by atoms with Gasteiger partial charge in [-0.1, -0.05) is 18.2 Å². The van der Waals surface area contributed by atoms with Gasteiger partial charge in [0.1, 0.15) is 18.5 Å². The van der Waals surface area contributed by atoms with Crippen molar-refractivity contribution in [1.82, 2.24) is 0 Å². The Morgan fingerprint density at radius 1 is 1.18 bits per heavy atom. The minimum Gasteiger partial charge on any atom is -0.491 e. The average molecular weight is 318 g/mol. The minimum absolute atomic E-state index is 0.137. The van der Waals surface area contributed by atoms with Crippen molar-refractivity contribution >= 4 is 9.84 Å². The van der Waals surface area contributed by atoms with E-state index in [9.17, 15) is 8.42 Å². The summed E-state index contributed by atoms with van der Waals surface area (Å²) < 4.78 is 36.3. The largest absolute Gasteiger partial charge is 0.491 e. The Bertz CT molecular complexity index is 792. The molecule has 2 aromatic rings. The molecule has 0 saturated carbocycles. The van der Waals surface area contributed by atoms with E-state index in [1.165, 1.54) is 0 Å². The second kappa shape index (κ2) is 5.74. The zero-order valence-corrected chi connectivity index (χ0v) is 13.4. The summed E-state index contributed by atoms with van der Waals surface area (Å²) in [7, 11) is -3.55. The molecule has 1 fully saturated rings. The van der Waals surface area contributed by atoms with Crippen molar-refractivity contribution in [3.05, 3.63) is 53.6 Å². The van der Waals surface area contributed by atoms with Crippen LogP contribution in [0.15, 0.2) is 52.3 Å². The summed E-state index contributed by atoms with van der Waals surface area (Å²) in [5.74, 6) is 0.548. The molecule has 0 N–H and O–H groups in total. The van der Waals surface area contributed by atoms with Gasteiger partial charge in [-0.05, 0) is 49.2 Å². The third-order valence-corrected chi connectivity index (χ3v) is 5.48. The topological polar surface area (TPSA) is 55.9 Å².